The van der Waals surface area contributed by atoms with Gasteiger partial charge in [-0.05, 0) is 38.1 Å². The Labute approximate surface area is 191 Å². The standard InChI is InChI=1S/C21H20N4O5S2/c1-4-28-20(27)17-13(14-8-7-12(2)30-14)10-31-19(17)22-16(26)11-32-21-24-23-18(25(21)3)15-6-5-9-29-15/h5-10H,4,11H2,1-3H3,(H,22,26). The van der Waals surface area contributed by atoms with E-state index in [9.17, 15) is 9.59 Å². The van der Waals surface area contributed by atoms with E-state index in [0.29, 0.717) is 33.1 Å². The molecule has 0 aromatic carbocycles. The minimum Gasteiger partial charge on any atom is -0.462 e. The van der Waals surface area contributed by atoms with Crippen LogP contribution in [0, 0.1) is 6.92 Å². The van der Waals surface area contributed by atoms with E-state index in [0.717, 1.165) is 5.76 Å². The summed E-state index contributed by atoms with van der Waals surface area (Å²) in [6, 6.07) is 7.16. The van der Waals surface area contributed by atoms with Crippen LogP contribution < -0.4 is 5.32 Å². The average Bonchev–Trinajstić information content (AvgIpc) is 3.54. The van der Waals surface area contributed by atoms with Crippen molar-refractivity contribution in [2.75, 3.05) is 17.7 Å². The number of furan rings is 2. The highest BCUT2D eigenvalue weighted by Gasteiger charge is 2.24. The molecule has 0 radical (unpaired) electrons. The molecule has 0 aliphatic rings. The molecule has 4 heterocycles. The van der Waals surface area contributed by atoms with E-state index in [-0.39, 0.29) is 23.8 Å². The summed E-state index contributed by atoms with van der Waals surface area (Å²) >= 11 is 2.47. The Bertz CT molecular complexity index is 1240. The van der Waals surface area contributed by atoms with Crippen molar-refractivity contribution in [1.82, 2.24) is 14.8 Å². The fourth-order valence-corrected chi connectivity index (χ4v) is 4.63. The summed E-state index contributed by atoms with van der Waals surface area (Å²) < 4.78 is 18.0. The van der Waals surface area contributed by atoms with Crippen molar-refractivity contribution in [3.8, 4) is 22.9 Å². The normalized spacial score (nSPS) is 11.0. The van der Waals surface area contributed by atoms with Crippen molar-refractivity contribution >= 4 is 40.0 Å². The molecule has 4 rings (SSSR count). The van der Waals surface area contributed by atoms with E-state index in [1.807, 2.05) is 13.0 Å². The number of rotatable bonds is 8. The quantitative estimate of drug-likeness (QED) is 0.292. The molecule has 0 aliphatic heterocycles. The fraction of sp³-hybridized carbons (Fsp3) is 0.238. The lowest BCUT2D eigenvalue weighted by Gasteiger charge is -2.08. The number of amides is 1. The van der Waals surface area contributed by atoms with Crippen LogP contribution in [0.25, 0.3) is 22.9 Å². The fourth-order valence-electron chi connectivity index (χ4n) is 2.97. The first-order chi connectivity index (χ1) is 15.5. The zero-order chi connectivity index (χ0) is 22.7. The summed E-state index contributed by atoms with van der Waals surface area (Å²) in [6.45, 7) is 3.77. The smallest absolute Gasteiger partial charge is 0.341 e. The number of thiophene rings is 1. The van der Waals surface area contributed by atoms with Crippen molar-refractivity contribution in [1.29, 1.82) is 0 Å². The van der Waals surface area contributed by atoms with E-state index in [1.54, 1.807) is 48.4 Å². The highest BCUT2D eigenvalue weighted by atomic mass is 32.2. The maximum Gasteiger partial charge on any atom is 0.341 e. The highest BCUT2D eigenvalue weighted by Crippen LogP contribution is 2.37. The largest absolute Gasteiger partial charge is 0.462 e. The topological polar surface area (TPSA) is 112 Å². The molecule has 32 heavy (non-hydrogen) atoms. The molecule has 1 amide bonds. The number of aromatic nitrogens is 3. The molecule has 166 valence electrons. The van der Waals surface area contributed by atoms with Gasteiger partial charge in [-0.15, -0.1) is 21.5 Å². The SMILES string of the molecule is CCOC(=O)c1c(-c2ccc(C)o2)csc1NC(=O)CSc1nnc(-c2ccco2)n1C. The zero-order valence-electron chi connectivity index (χ0n) is 17.6. The maximum absolute atomic E-state index is 12.6. The van der Waals surface area contributed by atoms with E-state index in [1.165, 1.54) is 23.1 Å². The monoisotopic (exact) mass is 472 g/mol. The summed E-state index contributed by atoms with van der Waals surface area (Å²) in [5.41, 5.74) is 0.865. The van der Waals surface area contributed by atoms with Gasteiger partial charge in [-0.3, -0.25) is 4.79 Å². The third kappa shape index (κ3) is 4.48. The molecule has 0 saturated carbocycles. The Morgan fingerprint density at radius 1 is 1.25 bits per heavy atom. The second-order valence-corrected chi connectivity index (χ2v) is 8.49. The second-order valence-electron chi connectivity index (χ2n) is 6.66. The van der Waals surface area contributed by atoms with Gasteiger partial charge in [0.1, 0.15) is 22.1 Å². The molecule has 4 aromatic rings. The molecule has 0 bridgehead atoms. The Morgan fingerprint density at radius 2 is 2.09 bits per heavy atom. The summed E-state index contributed by atoms with van der Waals surface area (Å²) in [4.78, 5) is 25.2. The van der Waals surface area contributed by atoms with Crippen LogP contribution in [-0.2, 0) is 16.6 Å². The highest BCUT2D eigenvalue weighted by molar-refractivity contribution is 7.99. The summed E-state index contributed by atoms with van der Waals surface area (Å²) in [6.07, 6.45) is 1.56. The number of anilines is 1. The van der Waals surface area contributed by atoms with Crippen LogP contribution >= 0.6 is 23.1 Å². The van der Waals surface area contributed by atoms with E-state index in [4.69, 9.17) is 13.6 Å². The van der Waals surface area contributed by atoms with E-state index < -0.39 is 5.97 Å². The van der Waals surface area contributed by atoms with Gasteiger partial charge in [0.05, 0.1) is 18.6 Å². The summed E-state index contributed by atoms with van der Waals surface area (Å²) in [5.74, 6) is 1.71. The molecule has 0 aliphatic carbocycles. The van der Waals surface area contributed by atoms with Crippen molar-refractivity contribution < 1.29 is 23.2 Å². The Balaban J connectivity index is 1.49. The lowest BCUT2D eigenvalue weighted by Crippen LogP contribution is -2.16. The molecule has 1 N–H and O–H groups in total. The number of hydrogen-bond donors (Lipinski definition) is 1. The van der Waals surface area contributed by atoms with Gasteiger partial charge in [0.15, 0.2) is 16.7 Å². The second kappa shape index (κ2) is 9.45. The number of thioether (sulfide) groups is 1. The summed E-state index contributed by atoms with van der Waals surface area (Å²) in [7, 11) is 1.80. The van der Waals surface area contributed by atoms with Crippen molar-refractivity contribution in [3.05, 3.63) is 47.2 Å². The molecular weight excluding hydrogens is 452 g/mol. The van der Waals surface area contributed by atoms with Crippen molar-refractivity contribution in [2.45, 2.75) is 19.0 Å². The predicted octanol–water partition coefficient (Wildman–Crippen LogP) is 4.61. The van der Waals surface area contributed by atoms with Gasteiger partial charge in [0.2, 0.25) is 5.91 Å². The molecule has 0 spiro atoms. The lowest BCUT2D eigenvalue weighted by molar-refractivity contribution is -0.113. The zero-order valence-corrected chi connectivity index (χ0v) is 19.2. The number of nitrogens with zero attached hydrogens (tertiary/aromatic N) is 3. The number of esters is 1. The third-order valence-electron chi connectivity index (χ3n) is 4.44. The van der Waals surface area contributed by atoms with Crippen molar-refractivity contribution in [2.24, 2.45) is 7.05 Å². The van der Waals surface area contributed by atoms with Gasteiger partial charge in [-0.2, -0.15) is 0 Å². The Morgan fingerprint density at radius 3 is 2.78 bits per heavy atom. The van der Waals surface area contributed by atoms with Crippen LogP contribution in [0.2, 0.25) is 0 Å². The van der Waals surface area contributed by atoms with Crippen LogP contribution in [0.1, 0.15) is 23.0 Å². The molecule has 0 unspecified atom stereocenters. The van der Waals surface area contributed by atoms with E-state index >= 15 is 0 Å². The first-order valence-electron chi connectivity index (χ1n) is 9.69. The first kappa shape index (κ1) is 21.9. The molecule has 11 heteroatoms. The molecule has 4 aromatic heterocycles. The Kier molecular flexibility index (Phi) is 6.47. The van der Waals surface area contributed by atoms with Crippen LogP contribution in [0.3, 0.4) is 0 Å². The van der Waals surface area contributed by atoms with Crippen LogP contribution in [0.5, 0.6) is 0 Å². The Hall–Kier alpha value is -3.31. The lowest BCUT2D eigenvalue weighted by atomic mass is 10.1. The van der Waals surface area contributed by atoms with Crippen molar-refractivity contribution in [3.63, 3.8) is 0 Å². The van der Waals surface area contributed by atoms with Gasteiger partial charge in [-0.1, -0.05) is 11.8 Å². The van der Waals surface area contributed by atoms with Crippen LogP contribution in [0.4, 0.5) is 5.00 Å². The third-order valence-corrected chi connectivity index (χ3v) is 6.35. The predicted molar refractivity (Wildman–Crippen MR) is 121 cm³/mol. The van der Waals surface area contributed by atoms with Gasteiger partial charge < -0.3 is 23.5 Å². The van der Waals surface area contributed by atoms with Gasteiger partial charge in [0.25, 0.3) is 0 Å². The molecule has 0 fully saturated rings. The number of hydrogen-bond acceptors (Lipinski definition) is 9. The number of carbonyl (C=O) groups excluding carboxylic acids is 2. The molecule has 0 atom stereocenters. The van der Waals surface area contributed by atoms with Gasteiger partial charge in [-0.25, -0.2) is 4.79 Å². The number of carbonyl (C=O) groups is 2. The minimum absolute atomic E-state index is 0.0828. The van der Waals surface area contributed by atoms with Gasteiger partial charge in [0, 0.05) is 18.0 Å². The maximum atomic E-state index is 12.6. The van der Waals surface area contributed by atoms with E-state index in [2.05, 4.69) is 15.5 Å². The number of aryl methyl sites for hydroxylation is 1. The number of nitrogens with one attached hydrogen (secondary N) is 1. The molecule has 9 nitrogen and oxygen atoms in total. The average molecular weight is 473 g/mol. The first-order valence-corrected chi connectivity index (χ1v) is 11.6. The molecule has 0 saturated heterocycles. The minimum atomic E-state index is -0.517. The van der Waals surface area contributed by atoms with Crippen LogP contribution in [-0.4, -0.2) is 39.0 Å². The summed E-state index contributed by atoms with van der Waals surface area (Å²) in [5, 5.41) is 13.8. The van der Waals surface area contributed by atoms with Gasteiger partial charge >= 0.3 is 5.97 Å². The number of ether oxygens (including phenoxy) is 1. The van der Waals surface area contributed by atoms with Crippen LogP contribution in [0.15, 0.2) is 49.9 Å². The molecular formula is C21H20N4O5S2.